The van der Waals surface area contributed by atoms with E-state index >= 15 is 0 Å². The van der Waals surface area contributed by atoms with E-state index in [1.165, 1.54) is 6.08 Å². The Hall–Kier alpha value is -0.870. The van der Waals surface area contributed by atoms with Gasteiger partial charge in [-0.3, -0.25) is 4.79 Å². The molecule has 1 rings (SSSR count). The van der Waals surface area contributed by atoms with Crippen molar-refractivity contribution in [2.45, 2.75) is 57.3 Å². The third-order valence-corrected chi connectivity index (χ3v) is 2.62. The molecule has 92 valence electrons. The number of esters is 1. The summed E-state index contributed by atoms with van der Waals surface area (Å²) in [4.78, 5) is 11.3. The third-order valence-electron chi connectivity index (χ3n) is 2.62. The predicted molar refractivity (Wildman–Crippen MR) is 59.8 cm³/mol. The van der Waals surface area contributed by atoms with E-state index in [9.17, 15) is 15.0 Å². The molecule has 0 saturated heterocycles. The molecule has 0 aromatic rings. The average Bonchev–Trinajstić information content (AvgIpc) is 2.15. The molecule has 0 bridgehead atoms. The summed E-state index contributed by atoms with van der Waals surface area (Å²) in [5, 5.41) is 19.0. The van der Waals surface area contributed by atoms with E-state index in [-0.39, 0.29) is 24.6 Å². The van der Waals surface area contributed by atoms with Gasteiger partial charge in [0.1, 0.15) is 0 Å². The van der Waals surface area contributed by atoms with Gasteiger partial charge in [0.2, 0.25) is 0 Å². The number of hydrogen-bond acceptors (Lipinski definition) is 4. The van der Waals surface area contributed by atoms with E-state index in [2.05, 4.69) is 0 Å². The number of carbonyl (C=O) groups is 1. The Bertz CT molecular complexity index is 249. The van der Waals surface area contributed by atoms with Gasteiger partial charge >= 0.3 is 5.97 Å². The van der Waals surface area contributed by atoms with Crippen molar-refractivity contribution in [1.29, 1.82) is 0 Å². The predicted octanol–water partition coefficient (Wildman–Crippen LogP) is 1.16. The first-order valence-electron chi connectivity index (χ1n) is 5.80. The van der Waals surface area contributed by atoms with Crippen molar-refractivity contribution in [3.05, 3.63) is 12.2 Å². The van der Waals surface area contributed by atoms with Crippen LogP contribution in [0.15, 0.2) is 12.2 Å². The van der Waals surface area contributed by atoms with Gasteiger partial charge in [0.15, 0.2) is 0 Å². The Morgan fingerprint density at radius 2 is 2.12 bits per heavy atom. The molecule has 4 heteroatoms. The lowest BCUT2D eigenvalue weighted by molar-refractivity contribution is -0.150. The van der Waals surface area contributed by atoms with Crippen LogP contribution in [0, 0.1) is 0 Å². The summed E-state index contributed by atoms with van der Waals surface area (Å²) in [6.45, 7) is 1.83. The molecule has 2 N–H and O–H groups in total. The van der Waals surface area contributed by atoms with Crippen LogP contribution in [-0.2, 0) is 9.53 Å². The Morgan fingerprint density at radius 3 is 2.88 bits per heavy atom. The zero-order chi connectivity index (χ0) is 12.0. The summed E-state index contributed by atoms with van der Waals surface area (Å²) in [5.41, 5.74) is 0. The van der Waals surface area contributed by atoms with Crippen molar-refractivity contribution in [2.24, 2.45) is 0 Å². The molecule has 3 unspecified atom stereocenters. The highest BCUT2D eigenvalue weighted by Gasteiger charge is 2.14. The van der Waals surface area contributed by atoms with Gasteiger partial charge in [-0.15, -0.1) is 0 Å². The monoisotopic (exact) mass is 228 g/mol. The van der Waals surface area contributed by atoms with Gasteiger partial charge < -0.3 is 14.9 Å². The van der Waals surface area contributed by atoms with Crippen molar-refractivity contribution in [1.82, 2.24) is 0 Å². The van der Waals surface area contributed by atoms with Crippen molar-refractivity contribution in [3.8, 4) is 0 Å². The summed E-state index contributed by atoms with van der Waals surface area (Å²) in [6, 6.07) is 0. The molecule has 0 fully saturated rings. The van der Waals surface area contributed by atoms with E-state index in [0.717, 1.165) is 12.8 Å². The van der Waals surface area contributed by atoms with Crippen LogP contribution in [0.4, 0.5) is 0 Å². The summed E-state index contributed by atoms with van der Waals surface area (Å²) in [7, 11) is 0. The van der Waals surface area contributed by atoms with Crippen LogP contribution in [0.1, 0.15) is 39.0 Å². The molecular weight excluding hydrogens is 208 g/mol. The van der Waals surface area contributed by atoms with Crippen LogP contribution >= 0.6 is 0 Å². The van der Waals surface area contributed by atoms with E-state index in [0.29, 0.717) is 12.8 Å². The van der Waals surface area contributed by atoms with Crippen molar-refractivity contribution >= 4 is 5.97 Å². The Morgan fingerprint density at radius 1 is 1.38 bits per heavy atom. The molecule has 0 radical (unpaired) electrons. The summed E-state index contributed by atoms with van der Waals surface area (Å²) in [6.07, 6.45) is 4.73. The van der Waals surface area contributed by atoms with Gasteiger partial charge in [-0.25, -0.2) is 0 Å². The number of hydrogen-bond donors (Lipinski definition) is 2. The fourth-order valence-electron chi connectivity index (χ4n) is 1.72. The quantitative estimate of drug-likeness (QED) is 0.482. The second-order valence-corrected chi connectivity index (χ2v) is 4.32. The Balaban J connectivity index is 2.55. The van der Waals surface area contributed by atoms with Gasteiger partial charge in [0, 0.05) is 0 Å². The minimum absolute atomic E-state index is 0.0169. The molecule has 0 saturated carbocycles. The molecule has 0 spiro atoms. The van der Waals surface area contributed by atoms with Crippen LogP contribution in [0.2, 0.25) is 0 Å². The third kappa shape index (κ3) is 5.28. The van der Waals surface area contributed by atoms with E-state index < -0.39 is 6.10 Å². The number of cyclic esters (lactones) is 1. The first-order valence-corrected chi connectivity index (χ1v) is 5.80. The molecular formula is C12H20O4. The summed E-state index contributed by atoms with van der Waals surface area (Å²) < 4.78 is 5.11. The SMILES string of the molecule is CC1CCCC(O)CC=CC(O)CC(=O)O1. The fraction of sp³-hybridized carbons (Fsp3) is 0.750. The topological polar surface area (TPSA) is 66.8 Å². The standard InChI is InChI=1S/C12H20O4/c1-9-4-2-5-10(13)6-3-7-11(14)8-12(15)16-9/h3,7,9-11,13-14H,2,4-6,8H2,1H3. The second kappa shape index (κ2) is 6.66. The summed E-state index contributed by atoms with van der Waals surface area (Å²) >= 11 is 0. The number of rotatable bonds is 0. The number of aliphatic hydroxyl groups is 2. The molecule has 1 heterocycles. The van der Waals surface area contributed by atoms with Crippen LogP contribution in [0.25, 0.3) is 0 Å². The van der Waals surface area contributed by atoms with Gasteiger partial charge in [0.05, 0.1) is 24.7 Å². The lowest BCUT2D eigenvalue weighted by atomic mass is 10.1. The van der Waals surface area contributed by atoms with E-state index in [4.69, 9.17) is 4.74 Å². The van der Waals surface area contributed by atoms with Crippen LogP contribution in [-0.4, -0.2) is 34.5 Å². The van der Waals surface area contributed by atoms with E-state index in [1.54, 1.807) is 6.08 Å². The number of carbonyl (C=O) groups excluding carboxylic acids is 1. The molecule has 0 aromatic carbocycles. The van der Waals surface area contributed by atoms with Gasteiger partial charge in [0.25, 0.3) is 0 Å². The first-order chi connectivity index (χ1) is 7.58. The van der Waals surface area contributed by atoms with Crippen molar-refractivity contribution < 1.29 is 19.7 Å². The largest absolute Gasteiger partial charge is 0.463 e. The molecule has 1 aliphatic heterocycles. The molecule has 1 aliphatic rings. The molecule has 3 atom stereocenters. The first kappa shape index (κ1) is 13.2. The summed E-state index contributed by atoms with van der Waals surface area (Å²) in [5.74, 6) is -0.370. The molecule has 16 heavy (non-hydrogen) atoms. The maximum absolute atomic E-state index is 11.3. The smallest absolute Gasteiger partial charge is 0.309 e. The molecule has 4 nitrogen and oxygen atoms in total. The van der Waals surface area contributed by atoms with Crippen LogP contribution in [0.5, 0.6) is 0 Å². The Kier molecular flexibility index (Phi) is 5.49. The minimum atomic E-state index is -0.814. The maximum Gasteiger partial charge on any atom is 0.309 e. The zero-order valence-corrected chi connectivity index (χ0v) is 9.63. The normalized spacial score (nSPS) is 33.7. The lowest BCUT2D eigenvalue weighted by Gasteiger charge is -2.16. The lowest BCUT2D eigenvalue weighted by Crippen LogP contribution is -2.20. The number of aliphatic hydroxyl groups excluding tert-OH is 2. The van der Waals surface area contributed by atoms with Crippen molar-refractivity contribution in [2.75, 3.05) is 0 Å². The van der Waals surface area contributed by atoms with Gasteiger partial charge in [-0.1, -0.05) is 12.2 Å². The average molecular weight is 228 g/mol. The van der Waals surface area contributed by atoms with Gasteiger partial charge in [-0.2, -0.15) is 0 Å². The zero-order valence-electron chi connectivity index (χ0n) is 9.63. The van der Waals surface area contributed by atoms with E-state index in [1.807, 2.05) is 6.92 Å². The highest BCUT2D eigenvalue weighted by atomic mass is 16.5. The van der Waals surface area contributed by atoms with Gasteiger partial charge in [-0.05, 0) is 32.6 Å². The number of ether oxygens (including phenoxy) is 1. The fourth-order valence-corrected chi connectivity index (χ4v) is 1.72. The molecule has 0 aromatic heterocycles. The highest BCUT2D eigenvalue weighted by molar-refractivity contribution is 5.70. The Labute approximate surface area is 95.9 Å². The minimum Gasteiger partial charge on any atom is -0.463 e. The van der Waals surface area contributed by atoms with Crippen LogP contribution in [0.3, 0.4) is 0 Å². The maximum atomic E-state index is 11.3. The highest BCUT2D eigenvalue weighted by Crippen LogP contribution is 2.12. The molecule has 0 amide bonds. The second-order valence-electron chi connectivity index (χ2n) is 4.32. The van der Waals surface area contributed by atoms with Crippen molar-refractivity contribution in [3.63, 3.8) is 0 Å². The molecule has 0 aliphatic carbocycles. The van der Waals surface area contributed by atoms with Crippen LogP contribution < -0.4 is 0 Å².